The Kier molecular flexibility index (Phi) is 5.34. The van der Waals surface area contributed by atoms with Gasteiger partial charge in [0.1, 0.15) is 5.82 Å². The maximum Gasteiger partial charge on any atom is 0.225 e. The number of benzene rings is 1. The second kappa shape index (κ2) is 7.54. The Morgan fingerprint density at radius 2 is 2.11 bits per heavy atom. The third-order valence-electron chi connectivity index (χ3n) is 4.71. The van der Waals surface area contributed by atoms with Crippen LogP contribution in [0, 0.1) is 19.7 Å². The first-order valence-corrected chi connectivity index (χ1v) is 8.86. The van der Waals surface area contributed by atoms with Crippen molar-refractivity contribution in [3.63, 3.8) is 0 Å². The van der Waals surface area contributed by atoms with Gasteiger partial charge in [0.05, 0.1) is 5.69 Å². The summed E-state index contributed by atoms with van der Waals surface area (Å²) in [5.74, 6) is -0.410. The number of hydrogen-bond acceptors (Lipinski definition) is 4. The Hall–Kier alpha value is -2.64. The fraction of sp³-hybridized carbons (Fsp3) is 0.350. The molecule has 3 rings (SSSR count). The number of nitrogens with zero attached hydrogens (tertiary/aromatic N) is 1. The van der Waals surface area contributed by atoms with E-state index in [1.54, 1.807) is 12.1 Å². The van der Waals surface area contributed by atoms with Crippen molar-refractivity contribution in [1.82, 2.24) is 9.88 Å². The Balaban J connectivity index is 1.88. The molecule has 0 radical (unpaired) electrons. The van der Waals surface area contributed by atoms with E-state index in [0.717, 1.165) is 22.6 Å². The number of aliphatic hydroxyl groups excluding tert-OH is 1. The second-order valence-electron chi connectivity index (χ2n) is 7.10. The summed E-state index contributed by atoms with van der Waals surface area (Å²) in [5.41, 5.74) is 5.11. The first-order valence-electron chi connectivity index (χ1n) is 8.86. The van der Waals surface area contributed by atoms with Gasteiger partial charge < -0.3 is 25.6 Å². The van der Waals surface area contributed by atoms with Gasteiger partial charge in [-0.25, -0.2) is 4.39 Å². The van der Waals surface area contributed by atoms with Crippen LogP contribution in [0.1, 0.15) is 28.9 Å². The van der Waals surface area contributed by atoms with Crippen molar-refractivity contribution in [2.45, 2.75) is 26.5 Å². The van der Waals surface area contributed by atoms with Gasteiger partial charge in [0, 0.05) is 41.2 Å². The molecule has 6 nitrogen and oxygen atoms in total. The number of aromatic amines is 1. The van der Waals surface area contributed by atoms with E-state index >= 15 is 0 Å². The van der Waals surface area contributed by atoms with Crippen molar-refractivity contribution < 1.29 is 14.3 Å². The number of halogens is 1. The number of fused-ring (bicyclic) bond motifs is 1. The fourth-order valence-corrected chi connectivity index (χ4v) is 3.20. The fourth-order valence-electron chi connectivity index (χ4n) is 3.20. The third-order valence-corrected chi connectivity index (χ3v) is 4.71. The maximum absolute atomic E-state index is 13.6. The van der Waals surface area contributed by atoms with Crippen LogP contribution in [0.15, 0.2) is 18.2 Å². The van der Waals surface area contributed by atoms with Gasteiger partial charge >= 0.3 is 0 Å². The van der Waals surface area contributed by atoms with Crippen LogP contribution in [-0.2, 0) is 4.79 Å². The highest BCUT2D eigenvalue weighted by Gasteiger charge is 2.25. The molecule has 1 unspecified atom stereocenters. The summed E-state index contributed by atoms with van der Waals surface area (Å²) in [4.78, 5) is 17.4. The highest BCUT2D eigenvalue weighted by molar-refractivity contribution is 5.96. The molecule has 0 saturated carbocycles. The zero-order valence-corrected chi connectivity index (χ0v) is 16.0. The summed E-state index contributed by atoms with van der Waals surface area (Å²) in [5, 5.41) is 16.2. The molecule has 1 aromatic carbocycles. The van der Waals surface area contributed by atoms with Crippen LogP contribution in [0.3, 0.4) is 0 Å². The number of anilines is 2. The third kappa shape index (κ3) is 4.04. The number of hydrogen-bond donors (Lipinski definition) is 4. The molecule has 7 heteroatoms. The normalized spacial score (nSPS) is 17.3. The molecule has 0 aliphatic carbocycles. The molecular formula is C20H25FN4O2. The smallest absolute Gasteiger partial charge is 0.225 e. The van der Waals surface area contributed by atoms with Gasteiger partial charge in [-0.15, -0.1) is 0 Å². The quantitative estimate of drug-likeness (QED) is 0.651. The number of carbonyl (C=O) groups is 1. The predicted molar refractivity (Wildman–Crippen MR) is 106 cm³/mol. The first kappa shape index (κ1) is 19.1. The number of aryl methyl sites for hydroxylation is 1. The van der Waals surface area contributed by atoms with Gasteiger partial charge in [-0.1, -0.05) is 0 Å². The number of aromatic nitrogens is 1. The SMILES string of the molecule is Cc1[nH]c(C=C2c3cc(F)ccc3NC2O)c(C)c1NC(=O)CCN(C)C. The van der Waals surface area contributed by atoms with Gasteiger partial charge in [0.2, 0.25) is 5.91 Å². The molecule has 0 fully saturated rings. The van der Waals surface area contributed by atoms with Gasteiger partial charge in [-0.05, 0) is 57.8 Å². The molecule has 0 spiro atoms. The Morgan fingerprint density at radius 3 is 2.81 bits per heavy atom. The minimum Gasteiger partial charge on any atom is -0.369 e. The Bertz CT molecular complexity index is 902. The van der Waals surface area contributed by atoms with E-state index in [4.69, 9.17) is 0 Å². The molecule has 27 heavy (non-hydrogen) atoms. The van der Waals surface area contributed by atoms with Gasteiger partial charge in [0.25, 0.3) is 0 Å². The van der Waals surface area contributed by atoms with E-state index in [2.05, 4.69) is 15.6 Å². The highest BCUT2D eigenvalue weighted by Crippen LogP contribution is 2.37. The van der Waals surface area contributed by atoms with Gasteiger partial charge in [-0.2, -0.15) is 0 Å². The van der Waals surface area contributed by atoms with Gasteiger partial charge in [-0.3, -0.25) is 4.79 Å². The first-order chi connectivity index (χ1) is 12.8. The minimum atomic E-state index is -0.914. The highest BCUT2D eigenvalue weighted by atomic mass is 19.1. The molecular weight excluding hydrogens is 347 g/mol. The second-order valence-corrected chi connectivity index (χ2v) is 7.10. The van der Waals surface area contributed by atoms with Crippen LogP contribution >= 0.6 is 0 Å². The standard InChI is InChI=1S/C20H25FN4O2/c1-11-17(22-12(2)19(11)24-18(26)7-8-25(3)4)10-15-14-9-13(21)5-6-16(14)23-20(15)27/h5-6,9-10,20,22-23,27H,7-8H2,1-4H3,(H,24,26). The lowest BCUT2D eigenvalue weighted by Crippen LogP contribution is -2.21. The van der Waals surface area contributed by atoms with Crippen LogP contribution < -0.4 is 10.6 Å². The molecule has 1 aliphatic rings. The van der Waals surface area contributed by atoms with E-state index in [-0.39, 0.29) is 11.7 Å². The zero-order chi connectivity index (χ0) is 19.7. The molecule has 144 valence electrons. The van der Waals surface area contributed by atoms with Crippen molar-refractivity contribution in [3.8, 4) is 0 Å². The van der Waals surface area contributed by atoms with Crippen molar-refractivity contribution in [3.05, 3.63) is 46.5 Å². The van der Waals surface area contributed by atoms with Crippen molar-refractivity contribution in [2.75, 3.05) is 31.3 Å². The largest absolute Gasteiger partial charge is 0.369 e. The Labute approximate surface area is 158 Å². The summed E-state index contributed by atoms with van der Waals surface area (Å²) in [6.07, 6.45) is 1.28. The van der Waals surface area contributed by atoms with E-state index in [0.29, 0.717) is 29.8 Å². The van der Waals surface area contributed by atoms with Crippen molar-refractivity contribution in [1.29, 1.82) is 0 Å². The van der Waals surface area contributed by atoms with Crippen LogP contribution in [0.5, 0.6) is 0 Å². The van der Waals surface area contributed by atoms with E-state index in [1.165, 1.54) is 12.1 Å². The maximum atomic E-state index is 13.6. The molecule has 1 aromatic heterocycles. The van der Waals surface area contributed by atoms with Crippen LogP contribution in [0.2, 0.25) is 0 Å². The summed E-state index contributed by atoms with van der Waals surface area (Å²) in [6.45, 7) is 4.46. The number of aliphatic hydroxyl groups is 1. The minimum absolute atomic E-state index is 0.0527. The summed E-state index contributed by atoms with van der Waals surface area (Å²) in [7, 11) is 3.85. The number of H-pyrrole nitrogens is 1. The van der Waals surface area contributed by atoms with E-state index in [1.807, 2.05) is 32.8 Å². The summed E-state index contributed by atoms with van der Waals surface area (Å²) < 4.78 is 13.6. The average molecular weight is 372 g/mol. The molecule has 0 saturated heterocycles. The Morgan fingerprint density at radius 1 is 1.37 bits per heavy atom. The monoisotopic (exact) mass is 372 g/mol. The topological polar surface area (TPSA) is 80.4 Å². The van der Waals surface area contributed by atoms with Crippen molar-refractivity contribution >= 4 is 28.9 Å². The number of carbonyl (C=O) groups excluding carboxylic acids is 1. The number of nitrogens with one attached hydrogen (secondary N) is 3. The predicted octanol–water partition coefficient (Wildman–Crippen LogP) is 2.95. The molecule has 2 heterocycles. The summed E-state index contributed by atoms with van der Waals surface area (Å²) >= 11 is 0. The molecule has 0 bridgehead atoms. The van der Waals surface area contributed by atoms with Crippen LogP contribution in [0.4, 0.5) is 15.8 Å². The molecule has 2 aromatic rings. The molecule has 1 aliphatic heterocycles. The van der Waals surface area contributed by atoms with E-state index < -0.39 is 6.23 Å². The number of amides is 1. The number of rotatable bonds is 5. The summed E-state index contributed by atoms with van der Waals surface area (Å²) in [6, 6.07) is 4.37. The van der Waals surface area contributed by atoms with Crippen LogP contribution in [-0.4, -0.2) is 47.8 Å². The van der Waals surface area contributed by atoms with E-state index in [9.17, 15) is 14.3 Å². The lowest BCUT2D eigenvalue weighted by atomic mass is 10.0. The molecule has 4 N–H and O–H groups in total. The van der Waals surface area contributed by atoms with Crippen LogP contribution in [0.25, 0.3) is 11.6 Å². The van der Waals surface area contributed by atoms with Crippen molar-refractivity contribution in [2.24, 2.45) is 0 Å². The lowest BCUT2D eigenvalue weighted by molar-refractivity contribution is -0.116. The molecule has 1 atom stereocenters. The average Bonchev–Trinajstić information content (AvgIpc) is 3.04. The molecule has 1 amide bonds. The zero-order valence-electron chi connectivity index (χ0n) is 16.0. The lowest BCUT2D eigenvalue weighted by Gasteiger charge is -2.10. The van der Waals surface area contributed by atoms with Gasteiger partial charge in [0.15, 0.2) is 6.23 Å².